The van der Waals surface area contributed by atoms with Crippen molar-refractivity contribution in [2.45, 2.75) is 32.8 Å². The molecule has 0 saturated carbocycles. The minimum absolute atomic E-state index is 0.392. The molecular weight excluding hydrogens is 284 g/mol. The van der Waals surface area contributed by atoms with Crippen molar-refractivity contribution in [3.8, 4) is 0 Å². The lowest BCUT2D eigenvalue weighted by Gasteiger charge is -2.19. The molecule has 0 atom stereocenters. The second kappa shape index (κ2) is 7.78. The fourth-order valence-electron chi connectivity index (χ4n) is 1.55. The predicted molar refractivity (Wildman–Crippen MR) is 90.2 cm³/mol. The number of hydrogen-bond donors (Lipinski definition) is 2. The van der Waals surface area contributed by atoms with Gasteiger partial charge < -0.3 is 15.8 Å². The van der Waals surface area contributed by atoms with Crippen molar-refractivity contribution >= 4 is 29.4 Å². The lowest BCUT2D eigenvalue weighted by molar-refractivity contribution is 0.0529. The monoisotopic (exact) mass is 306 g/mol. The first-order chi connectivity index (χ1) is 9.78. The minimum atomic E-state index is -0.467. The van der Waals surface area contributed by atoms with Crippen LogP contribution in [0.15, 0.2) is 30.3 Å². The van der Waals surface area contributed by atoms with Gasteiger partial charge in [0.05, 0.1) is 0 Å². The van der Waals surface area contributed by atoms with Crippen molar-refractivity contribution in [3.63, 3.8) is 0 Å². The van der Waals surface area contributed by atoms with Crippen molar-refractivity contribution in [1.29, 1.82) is 0 Å². The number of ether oxygens (including phenoxy) is 1. The van der Waals surface area contributed by atoms with Gasteiger partial charge in [-0.1, -0.05) is 48.6 Å². The van der Waals surface area contributed by atoms with Crippen molar-refractivity contribution in [2.75, 3.05) is 6.54 Å². The molecule has 0 aromatic heterocycles. The van der Waals surface area contributed by atoms with Gasteiger partial charge in [0.1, 0.15) is 10.6 Å². The van der Waals surface area contributed by atoms with Gasteiger partial charge in [-0.25, -0.2) is 4.79 Å². The van der Waals surface area contributed by atoms with Gasteiger partial charge in [0.25, 0.3) is 0 Å². The quantitative estimate of drug-likeness (QED) is 0.647. The van der Waals surface area contributed by atoms with E-state index in [1.165, 1.54) is 0 Å². The summed E-state index contributed by atoms with van der Waals surface area (Å²) in [5, 5.41) is 2.70. The first-order valence-electron chi connectivity index (χ1n) is 6.81. The summed E-state index contributed by atoms with van der Waals surface area (Å²) >= 11 is 4.90. The number of nitrogens with two attached hydrogens (primary N) is 1. The van der Waals surface area contributed by atoms with E-state index in [-0.39, 0.29) is 0 Å². The fourth-order valence-corrected chi connectivity index (χ4v) is 1.69. The van der Waals surface area contributed by atoms with Gasteiger partial charge in [-0.15, -0.1) is 0 Å². The zero-order valence-electron chi connectivity index (χ0n) is 12.7. The van der Waals surface area contributed by atoms with Gasteiger partial charge in [-0.3, -0.25) is 0 Å². The van der Waals surface area contributed by atoms with Crippen LogP contribution in [0.3, 0.4) is 0 Å². The molecule has 0 aliphatic heterocycles. The number of nitrogens with one attached hydrogen (secondary N) is 1. The zero-order chi connectivity index (χ0) is 15.9. The molecule has 0 radical (unpaired) electrons. The maximum absolute atomic E-state index is 11.4. The van der Waals surface area contributed by atoms with Crippen LogP contribution in [0.1, 0.15) is 38.3 Å². The van der Waals surface area contributed by atoms with Gasteiger partial charge in [0, 0.05) is 12.1 Å². The molecule has 0 aliphatic rings. The maximum Gasteiger partial charge on any atom is 0.407 e. The highest BCUT2D eigenvalue weighted by atomic mass is 32.1. The van der Waals surface area contributed by atoms with E-state index in [1.807, 2.05) is 57.2 Å². The van der Waals surface area contributed by atoms with Gasteiger partial charge in [0.15, 0.2) is 0 Å². The molecule has 0 aliphatic carbocycles. The molecule has 0 spiro atoms. The largest absolute Gasteiger partial charge is 0.444 e. The number of rotatable bonds is 5. The molecule has 0 bridgehead atoms. The normalized spacial score (nSPS) is 11.4. The summed E-state index contributed by atoms with van der Waals surface area (Å²) < 4.78 is 5.14. The lowest BCUT2D eigenvalue weighted by atomic mass is 10.1. The van der Waals surface area contributed by atoms with E-state index in [2.05, 4.69) is 5.32 Å². The van der Waals surface area contributed by atoms with Crippen molar-refractivity contribution < 1.29 is 9.53 Å². The number of benzene rings is 1. The molecule has 0 unspecified atom stereocenters. The van der Waals surface area contributed by atoms with Crippen LogP contribution in [-0.4, -0.2) is 23.2 Å². The Bertz CT molecular complexity index is 516. The average Bonchev–Trinajstić information content (AvgIpc) is 2.36. The summed E-state index contributed by atoms with van der Waals surface area (Å²) in [5.74, 6) is 0. The third kappa shape index (κ3) is 7.46. The second-order valence-electron chi connectivity index (χ2n) is 5.61. The SMILES string of the molecule is CC(C)(C)OC(=O)NCCC=Cc1ccc(C(N)=S)cc1. The Morgan fingerprint density at radius 1 is 1.33 bits per heavy atom. The highest BCUT2D eigenvalue weighted by Gasteiger charge is 2.15. The van der Waals surface area contributed by atoms with E-state index in [9.17, 15) is 4.79 Å². The number of thiocarbonyl (C=S) groups is 1. The second-order valence-corrected chi connectivity index (χ2v) is 6.05. The number of hydrogen-bond acceptors (Lipinski definition) is 3. The van der Waals surface area contributed by atoms with Gasteiger partial charge in [0.2, 0.25) is 0 Å². The van der Waals surface area contributed by atoms with Gasteiger partial charge >= 0.3 is 6.09 Å². The number of amides is 1. The Labute approximate surface area is 131 Å². The van der Waals surface area contributed by atoms with Crippen LogP contribution in [0.2, 0.25) is 0 Å². The topological polar surface area (TPSA) is 64.3 Å². The molecule has 4 nitrogen and oxygen atoms in total. The number of carbonyl (C=O) groups is 1. The van der Waals surface area contributed by atoms with Crippen molar-refractivity contribution in [3.05, 3.63) is 41.5 Å². The van der Waals surface area contributed by atoms with E-state index in [4.69, 9.17) is 22.7 Å². The lowest BCUT2D eigenvalue weighted by Crippen LogP contribution is -2.32. The summed E-state index contributed by atoms with van der Waals surface area (Å²) in [6.07, 6.45) is 4.32. The van der Waals surface area contributed by atoms with Crippen LogP contribution in [0, 0.1) is 0 Å². The van der Waals surface area contributed by atoms with Gasteiger partial charge in [-0.05, 0) is 32.8 Å². The van der Waals surface area contributed by atoms with E-state index < -0.39 is 11.7 Å². The molecule has 1 aromatic rings. The molecule has 0 heterocycles. The summed E-state index contributed by atoms with van der Waals surface area (Å²) in [7, 11) is 0. The number of carbonyl (C=O) groups excluding carboxylic acids is 1. The van der Waals surface area contributed by atoms with E-state index in [1.54, 1.807) is 0 Å². The molecule has 3 N–H and O–H groups in total. The molecule has 5 heteroatoms. The molecule has 0 fully saturated rings. The Hall–Kier alpha value is -1.88. The Balaban J connectivity index is 2.32. The van der Waals surface area contributed by atoms with Crippen LogP contribution in [0.25, 0.3) is 6.08 Å². The molecule has 1 aromatic carbocycles. The smallest absolute Gasteiger partial charge is 0.407 e. The van der Waals surface area contributed by atoms with Crippen LogP contribution in [0.4, 0.5) is 4.79 Å². The molecule has 21 heavy (non-hydrogen) atoms. The summed E-state index contributed by atoms with van der Waals surface area (Å²) in [6.45, 7) is 6.05. The highest BCUT2D eigenvalue weighted by Crippen LogP contribution is 2.07. The number of alkyl carbamates (subject to hydrolysis) is 1. The maximum atomic E-state index is 11.4. The van der Waals surface area contributed by atoms with E-state index in [0.29, 0.717) is 11.5 Å². The Kier molecular flexibility index (Phi) is 6.37. The van der Waals surface area contributed by atoms with Gasteiger partial charge in [-0.2, -0.15) is 0 Å². The minimum Gasteiger partial charge on any atom is -0.444 e. The van der Waals surface area contributed by atoms with Crippen LogP contribution in [0.5, 0.6) is 0 Å². The third-order valence-electron chi connectivity index (χ3n) is 2.48. The molecular formula is C16H22N2O2S. The molecule has 1 amide bonds. The highest BCUT2D eigenvalue weighted by molar-refractivity contribution is 7.80. The molecule has 0 saturated heterocycles. The van der Waals surface area contributed by atoms with Crippen LogP contribution < -0.4 is 11.1 Å². The van der Waals surface area contributed by atoms with E-state index >= 15 is 0 Å². The van der Waals surface area contributed by atoms with E-state index in [0.717, 1.165) is 17.5 Å². The van der Waals surface area contributed by atoms with Crippen molar-refractivity contribution in [2.24, 2.45) is 5.73 Å². The standard InChI is InChI=1S/C16H22N2O2S/c1-16(2,3)20-15(19)18-11-5-4-6-12-7-9-13(10-8-12)14(17)21/h4,6-10H,5,11H2,1-3H3,(H2,17,21)(H,18,19). The van der Waals surface area contributed by atoms with Crippen LogP contribution >= 0.6 is 12.2 Å². The Morgan fingerprint density at radius 2 is 1.95 bits per heavy atom. The van der Waals surface area contributed by atoms with Crippen LogP contribution in [-0.2, 0) is 4.74 Å². The third-order valence-corrected chi connectivity index (χ3v) is 2.72. The fraction of sp³-hybridized carbons (Fsp3) is 0.375. The van der Waals surface area contributed by atoms with Crippen molar-refractivity contribution in [1.82, 2.24) is 5.32 Å². The first kappa shape index (κ1) is 17.2. The summed E-state index contributed by atoms with van der Waals surface area (Å²) in [5.41, 5.74) is 6.99. The average molecular weight is 306 g/mol. The first-order valence-corrected chi connectivity index (χ1v) is 7.22. The summed E-state index contributed by atoms with van der Waals surface area (Å²) in [4.78, 5) is 11.8. The summed E-state index contributed by atoms with van der Waals surface area (Å²) in [6, 6.07) is 7.68. The Morgan fingerprint density at radius 3 is 2.48 bits per heavy atom. The molecule has 114 valence electrons. The predicted octanol–water partition coefficient (Wildman–Crippen LogP) is 3.25. The zero-order valence-corrected chi connectivity index (χ0v) is 13.5. The molecule has 1 rings (SSSR count).